The van der Waals surface area contributed by atoms with Crippen molar-refractivity contribution in [3.63, 3.8) is 0 Å². The maximum atomic E-state index is 11.4. The van der Waals surface area contributed by atoms with E-state index >= 15 is 0 Å². The predicted molar refractivity (Wildman–Crippen MR) is 78.1 cm³/mol. The number of nitrogens with two attached hydrogens (primary N) is 1. The topological polar surface area (TPSA) is 98.7 Å². The Morgan fingerprint density at radius 2 is 2.14 bits per heavy atom. The van der Waals surface area contributed by atoms with E-state index in [0.717, 1.165) is 34.9 Å². The summed E-state index contributed by atoms with van der Waals surface area (Å²) in [6, 6.07) is 8.29. The van der Waals surface area contributed by atoms with Crippen LogP contribution in [0.15, 0.2) is 29.4 Å². The van der Waals surface area contributed by atoms with Gasteiger partial charge in [0, 0.05) is 5.75 Å². The van der Waals surface area contributed by atoms with Gasteiger partial charge in [-0.1, -0.05) is 36.0 Å². The Hall–Kier alpha value is -1.93. The SMILES string of the molecule is NNC(=O)Cc1ccccc1CSc1nnnn1C1CC1. The highest BCUT2D eigenvalue weighted by atomic mass is 32.2. The smallest absolute Gasteiger partial charge is 0.238 e. The normalized spacial score (nSPS) is 14.1. The lowest BCUT2D eigenvalue weighted by molar-refractivity contribution is -0.120. The van der Waals surface area contributed by atoms with Crippen LogP contribution < -0.4 is 11.3 Å². The van der Waals surface area contributed by atoms with Crippen LogP contribution in [0.5, 0.6) is 0 Å². The molecule has 0 radical (unpaired) electrons. The largest absolute Gasteiger partial charge is 0.294 e. The van der Waals surface area contributed by atoms with Crippen LogP contribution in [0, 0.1) is 0 Å². The highest BCUT2D eigenvalue weighted by Gasteiger charge is 2.27. The van der Waals surface area contributed by atoms with E-state index in [-0.39, 0.29) is 12.3 Å². The fraction of sp³-hybridized carbons (Fsp3) is 0.385. The first kappa shape index (κ1) is 14.0. The quantitative estimate of drug-likeness (QED) is 0.355. The van der Waals surface area contributed by atoms with Crippen LogP contribution >= 0.6 is 11.8 Å². The second-order valence-corrected chi connectivity index (χ2v) is 5.88. The molecule has 7 nitrogen and oxygen atoms in total. The van der Waals surface area contributed by atoms with Gasteiger partial charge in [-0.05, 0) is 34.4 Å². The van der Waals surface area contributed by atoms with E-state index < -0.39 is 0 Å². The van der Waals surface area contributed by atoms with Gasteiger partial charge in [0.25, 0.3) is 0 Å². The molecule has 1 fully saturated rings. The minimum atomic E-state index is -0.199. The zero-order valence-electron chi connectivity index (χ0n) is 11.4. The molecule has 1 aliphatic carbocycles. The monoisotopic (exact) mass is 304 g/mol. The molecule has 0 unspecified atom stereocenters. The first-order valence-corrected chi connectivity index (χ1v) is 7.73. The van der Waals surface area contributed by atoms with E-state index in [1.807, 2.05) is 28.9 Å². The highest BCUT2D eigenvalue weighted by Crippen LogP contribution is 2.37. The molecule has 3 N–H and O–H groups in total. The first-order chi connectivity index (χ1) is 10.3. The van der Waals surface area contributed by atoms with Crippen molar-refractivity contribution in [3.05, 3.63) is 35.4 Å². The Kier molecular flexibility index (Phi) is 4.16. The summed E-state index contributed by atoms with van der Waals surface area (Å²) in [4.78, 5) is 11.4. The van der Waals surface area contributed by atoms with Crippen LogP contribution in [-0.2, 0) is 17.0 Å². The lowest BCUT2D eigenvalue weighted by Gasteiger charge is -2.08. The number of carbonyl (C=O) groups excluding carboxylic acids is 1. The molecule has 8 heteroatoms. The van der Waals surface area contributed by atoms with Gasteiger partial charge in [-0.15, -0.1) is 5.10 Å². The minimum Gasteiger partial charge on any atom is -0.294 e. The van der Waals surface area contributed by atoms with Crippen molar-refractivity contribution < 1.29 is 4.79 Å². The molecule has 1 aliphatic rings. The zero-order valence-corrected chi connectivity index (χ0v) is 12.2. The van der Waals surface area contributed by atoms with Gasteiger partial charge in [-0.25, -0.2) is 10.5 Å². The average molecular weight is 304 g/mol. The molecule has 0 bridgehead atoms. The summed E-state index contributed by atoms with van der Waals surface area (Å²) in [6.45, 7) is 0. The van der Waals surface area contributed by atoms with Crippen LogP contribution in [0.25, 0.3) is 0 Å². The van der Waals surface area contributed by atoms with Gasteiger partial charge in [-0.2, -0.15) is 0 Å². The summed E-state index contributed by atoms with van der Waals surface area (Å²) >= 11 is 1.59. The van der Waals surface area contributed by atoms with Gasteiger partial charge >= 0.3 is 0 Å². The summed E-state index contributed by atoms with van der Waals surface area (Å²) in [5.41, 5.74) is 4.23. The number of thioether (sulfide) groups is 1. The molecule has 2 aromatic rings. The van der Waals surface area contributed by atoms with E-state index in [1.165, 1.54) is 0 Å². The minimum absolute atomic E-state index is 0.199. The molecule has 3 rings (SSSR count). The maximum Gasteiger partial charge on any atom is 0.238 e. The van der Waals surface area contributed by atoms with E-state index in [9.17, 15) is 4.79 Å². The maximum absolute atomic E-state index is 11.4. The molecule has 1 aromatic heterocycles. The van der Waals surface area contributed by atoms with Crippen molar-refractivity contribution in [1.82, 2.24) is 25.6 Å². The molecule has 0 atom stereocenters. The number of rotatable bonds is 6. The summed E-state index contributed by atoms with van der Waals surface area (Å²) in [5.74, 6) is 5.67. The Morgan fingerprint density at radius 1 is 1.38 bits per heavy atom. The fourth-order valence-corrected chi connectivity index (χ4v) is 3.04. The molecule has 1 saturated carbocycles. The summed E-state index contributed by atoms with van der Waals surface area (Å²) in [6.07, 6.45) is 2.57. The molecule has 0 spiro atoms. The number of hydrogen-bond donors (Lipinski definition) is 2. The van der Waals surface area contributed by atoms with Gasteiger partial charge in [0.15, 0.2) is 0 Å². The standard InChI is InChI=1S/C13H16N6OS/c14-15-12(20)7-9-3-1-2-4-10(9)8-21-13-16-17-18-19(13)11-5-6-11/h1-4,11H,5-8,14H2,(H,15,20). The summed E-state index contributed by atoms with van der Waals surface area (Å²) in [7, 11) is 0. The van der Waals surface area contributed by atoms with Gasteiger partial charge in [0.1, 0.15) is 0 Å². The molecule has 1 amide bonds. The third kappa shape index (κ3) is 3.40. The number of tetrazole rings is 1. The van der Waals surface area contributed by atoms with Gasteiger partial charge in [0.05, 0.1) is 12.5 Å². The number of nitrogens with zero attached hydrogens (tertiary/aromatic N) is 4. The van der Waals surface area contributed by atoms with Crippen LogP contribution in [-0.4, -0.2) is 26.1 Å². The van der Waals surface area contributed by atoms with Gasteiger partial charge < -0.3 is 0 Å². The molecule has 110 valence electrons. The molecule has 0 aliphatic heterocycles. The lowest BCUT2D eigenvalue weighted by Crippen LogP contribution is -2.31. The second-order valence-electron chi connectivity index (χ2n) is 4.94. The van der Waals surface area contributed by atoms with Gasteiger partial charge in [0.2, 0.25) is 11.1 Å². The molecule has 1 aromatic carbocycles. The molecule has 0 saturated heterocycles. The Bertz CT molecular complexity index is 639. The second kappa shape index (κ2) is 6.23. The van der Waals surface area contributed by atoms with E-state index in [1.54, 1.807) is 11.8 Å². The predicted octanol–water partition coefficient (Wildman–Crippen LogP) is 0.833. The van der Waals surface area contributed by atoms with E-state index in [2.05, 4.69) is 21.0 Å². The number of hydrazine groups is 1. The molecule has 21 heavy (non-hydrogen) atoms. The van der Waals surface area contributed by atoms with E-state index in [0.29, 0.717) is 6.04 Å². The number of carbonyl (C=O) groups is 1. The van der Waals surface area contributed by atoms with Crippen molar-refractivity contribution >= 4 is 17.7 Å². The summed E-state index contributed by atoms with van der Waals surface area (Å²) < 4.78 is 1.89. The molecular weight excluding hydrogens is 288 g/mol. The average Bonchev–Trinajstić information content (AvgIpc) is 3.25. The van der Waals surface area contributed by atoms with Crippen LogP contribution in [0.2, 0.25) is 0 Å². The summed E-state index contributed by atoms with van der Waals surface area (Å²) in [5, 5.41) is 12.7. The molecule has 1 heterocycles. The Balaban J connectivity index is 1.69. The van der Waals surface area contributed by atoms with Gasteiger partial charge in [-0.3, -0.25) is 10.2 Å². The highest BCUT2D eigenvalue weighted by molar-refractivity contribution is 7.98. The Morgan fingerprint density at radius 3 is 2.86 bits per heavy atom. The lowest BCUT2D eigenvalue weighted by atomic mass is 10.1. The third-order valence-corrected chi connectivity index (χ3v) is 4.32. The number of benzene rings is 1. The number of aromatic nitrogens is 4. The molecular formula is C13H16N6OS. The fourth-order valence-electron chi connectivity index (χ4n) is 2.07. The van der Waals surface area contributed by atoms with Crippen molar-refractivity contribution in [2.24, 2.45) is 5.84 Å². The first-order valence-electron chi connectivity index (χ1n) is 6.75. The zero-order chi connectivity index (χ0) is 14.7. The third-order valence-electron chi connectivity index (χ3n) is 3.34. The van der Waals surface area contributed by atoms with Crippen LogP contribution in [0.3, 0.4) is 0 Å². The van der Waals surface area contributed by atoms with E-state index in [4.69, 9.17) is 5.84 Å². The Labute approximate surface area is 126 Å². The number of amides is 1. The number of nitrogens with one attached hydrogen (secondary N) is 1. The van der Waals surface area contributed by atoms with Crippen molar-refractivity contribution in [2.75, 3.05) is 0 Å². The van der Waals surface area contributed by atoms with Crippen LogP contribution in [0.1, 0.15) is 30.0 Å². The van der Waals surface area contributed by atoms with Crippen LogP contribution in [0.4, 0.5) is 0 Å². The van der Waals surface area contributed by atoms with Crippen molar-refractivity contribution in [2.45, 2.75) is 36.2 Å². The number of hydrogen-bond acceptors (Lipinski definition) is 6. The van der Waals surface area contributed by atoms with Crippen molar-refractivity contribution in [3.8, 4) is 0 Å². The van der Waals surface area contributed by atoms with Crippen molar-refractivity contribution in [1.29, 1.82) is 0 Å².